The highest BCUT2D eigenvalue weighted by Crippen LogP contribution is 2.25. The highest BCUT2D eigenvalue weighted by molar-refractivity contribution is 5.87. The van der Waals surface area contributed by atoms with Crippen molar-refractivity contribution in [3.05, 3.63) is 42.0 Å². The van der Waals surface area contributed by atoms with Crippen molar-refractivity contribution in [3.63, 3.8) is 0 Å². The second-order valence-corrected chi connectivity index (χ2v) is 3.13. The molecule has 0 heterocycles. The lowest BCUT2D eigenvalue weighted by Crippen LogP contribution is -1.95. The molecule has 0 bridgehead atoms. The fourth-order valence-electron chi connectivity index (χ4n) is 1.52. The fraction of sp³-hybridized carbons (Fsp3) is 0.0909. The lowest BCUT2D eigenvalue weighted by Gasteiger charge is -2.08. The fourth-order valence-corrected chi connectivity index (χ4v) is 1.52. The SMILES string of the molecule is Oc1ccc2c(C(O)O)cccc2c1. The molecule has 0 aliphatic rings. The van der Waals surface area contributed by atoms with E-state index in [-0.39, 0.29) is 5.75 Å². The van der Waals surface area contributed by atoms with E-state index in [0.717, 1.165) is 10.8 Å². The zero-order chi connectivity index (χ0) is 10.1. The Labute approximate surface area is 80.9 Å². The summed E-state index contributed by atoms with van der Waals surface area (Å²) >= 11 is 0. The molecule has 2 rings (SSSR count). The number of rotatable bonds is 1. The highest BCUT2D eigenvalue weighted by Gasteiger charge is 2.07. The van der Waals surface area contributed by atoms with Gasteiger partial charge in [-0.1, -0.05) is 24.3 Å². The van der Waals surface area contributed by atoms with Gasteiger partial charge in [-0.2, -0.15) is 0 Å². The van der Waals surface area contributed by atoms with Gasteiger partial charge in [0.15, 0.2) is 6.29 Å². The van der Waals surface area contributed by atoms with Gasteiger partial charge in [0.2, 0.25) is 0 Å². The standard InChI is InChI=1S/C11H10O3/c12-8-4-5-9-7(6-8)2-1-3-10(9)11(13)14/h1-6,11-14H. The van der Waals surface area contributed by atoms with Crippen molar-refractivity contribution in [1.29, 1.82) is 0 Å². The monoisotopic (exact) mass is 190 g/mol. The predicted octanol–water partition coefficient (Wildman–Crippen LogP) is 1.53. The normalized spacial score (nSPS) is 11.1. The molecule has 0 fully saturated rings. The maximum Gasteiger partial charge on any atom is 0.179 e. The molecule has 0 aliphatic heterocycles. The topological polar surface area (TPSA) is 60.7 Å². The molecule has 2 aromatic rings. The van der Waals surface area contributed by atoms with Crippen LogP contribution in [0, 0.1) is 0 Å². The number of hydrogen-bond donors (Lipinski definition) is 3. The first kappa shape index (κ1) is 8.99. The van der Waals surface area contributed by atoms with Crippen LogP contribution in [0.3, 0.4) is 0 Å². The molecule has 0 atom stereocenters. The number of hydrogen-bond acceptors (Lipinski definition) is 3. The van der Waals surface area contributed by atoms with E-state index in [0.29, 0.717) is 5.56 Å². The number of fused-ring (bicyclic) bond motifs is 1. The van der Waals surface area contributed by atoms with Crippen molar-refractivity contribution in [3.8, 4) is 5.75 Å². The minimum absolute atomic E-state index is 0.169. The van der Waals surface area contributed by atoms with E-state index in [1.807, 2.05) is 0 Å². The summed E-state index contributed by atoms with van der Waals surface area (Å²) in [5, 5.41) is 28.9. The van der Waals surface area contributed by atoms with Crippen molar-refractivity contribution in [2.45, 2.75) is 6.29 Å². The minimum Gasteiger partial charge on any atom is -0.508 e. The molecule has 0 saturated heterocycles. The average Bonchev–Trinajstić information content (AvgIpc) is 2.16. The summed E-state index contributed by atoms with van der Waals surface area (Å²) in [5.74, 6) is 0.169. The number of benzene rings is 2. The van der Waals surface area contributed by atoms with E-state index in [1.165, 1.54) is 6.07 Å². The first-order valence-corrected chi connectivity index (χ1v) is 4.26. The number of aromatic hydroxyl groups is 1. The van der Waals surface area contributed by atoms with E-state index >= 15 is 0 Å². The van der Waals surface area contributed by atoms with Crippen LogP contribution in [0.1, 0.15) is 11.9 Å². The van der Waals surface area contributed by atoms with Gasteiger partial charge in [-0.05, 0) is 22.9 Å². The Kier molecular flexibility index (Phi) is 2.11. The maximum absolute atomic E-state index is 9.23. The van der Waals surface area contributed by atoms with E-state index in [4.69, 9.17) is 10.2 Å². The molecule has 14 heavy (non-hydrogen) atoms. The third-order valence-corrected chi connectivity index (χ3v) is 2.18. The molecule has 0 aliphatic carbocycles. The molecule has 0 spiro atoms. The van der Waals surface area contributed by atoms with Crippen LogP contribution in [-0.2, 0) is 0 Å². The Bertz CT molecular complexity index is 463. The van der Waals surface area contributed by atoms with E-state index in [1.54, 1.807) is 30.3 Å². The summed E-state index contributed by atoms with van der Waals surface area (Å²) < 4.78 is 0. The minimum atomic E-state index is -1.48. The first-order chi connectivity index (χ1) is 6.68. The Balaban J connectivity index is 2.75. The third kappa shape index (κ3) is 1.43. The molecule has 3 nitrogen and oxygen atoms in total. The zero-order valence-electron chi connectivity index (χ0n) is 7.38. The number of phenolic OH excluding ortho intramolecular Hbond substituents is 1. The molecule has 3 heteroatoms. The second-order valence-electron chi connectivity index (χ2n) is 3.13. The van der Waals surface area contributed by atoms with Gasteiger partial charge in [-0.15, -0.1) is 0 Å². The van der Waals surface area contributed by atoms with Gasteiger partial charge in [0.25, 0.3) is 0 Å². The zero-order valence-corrected chi connectivity index (χ0v) is 7.38. The smallest absolute Gasteiger partial charge is 0.179 e. The van der Waals surface area contributed by atoms with Crippen molar-refractivity contribution in [1.82, 2.24) is 0 Å². The molecule has 0 aromatic heterocycles. The van der Waals surface area contributed by atoms with Gasteiger partial charge < -0.3 is 15.3 Å². The van der Waals surface area contributed by atoms with Crippen molar-refractivity contribution in [2.75, 3.05) is 0 Å². The first-order valence-electron chi connectivity index (χ1n) is 4.26. The van der Waals surface area contributed by atoms with Crippen LogP contribution in [0.15, 0.2) is 36.4 Å². The van der Waals surface area contributed by atoms with Crippen LogP contribution in [0.25, 0.3) is 10.8 Å². The average molecular weight is 190 g/mol. The molecule has 2 aromatic carbocycles. The third-order valence-electron chi connectivity index (χ3n) is 2.18. The Hall–Kier alpha value is -1.58. The molecule has 0 unspecified atom stereocenters. The lowest BCUT2D eigenvalue weighted by molar-refractivity contribution is -0.0413. The Morgan fingerprint density at radius 1 is 1.00 bits per heavy atom. The van der Waals surface area contributed by atoms with Crippen molar-refractivity contribution in [2.24, 2.45) is 0 Å². The molecular formula is C11H10O3. The maximum atomic E-state index is 9.23. The van der Waals surface area contributed by atoms with Gasteiger partial charge in [0.1, 0.15) is 5.75 Å². The van der Waals surface area contributed by atoms with E-state index < -0.39 is 6.29 Å². The summed E-state index contributed by atoms with van der Waals surface area (Å²) in [7, 11) is 0. The summed E-state index contributed by atoms with van der Waals surface area (Å²) in [6.07, 6.45) is -1.48. The van der Waals surface area contributed by atoms with Crippen molar-refractivity contribution < 1.29 is 15.3 Å². The van der Waals surface area contributed by atoms with Gasteiger partial charge >= 0.3 is 0 Å². The molecule has 0 amide bonds. The molecule has 0 radical (unpaired) electrons. The van der Waals surface area contributed by atoms with E-state index in [9.17, 15) is 5.11 Å². The second kappa shape index (κ2) is 3.29. The number of aliphatic hydroxyl groups is 2. The van der Waals surface area contributed by atoms with Gasteiger partial charge in [0, 0.05) is 5.56 Å². The van der Waals surface area contributed by atoms with Crippen molar-refractivity contribution >= 4 is 10.8 Å². The number of phenols is 1. The summed E-state index contributed by atoms with van der Waals surface area (Å²) in [6.45, 7) is 0. The van der Waals surface area contributed by atoms with Gasteiger partial charge in [-0.25, -0.2) is 0 Å². The van der Waals surface area contributed by atoms with Crippen LogP contribution in [0.2, 0.25) is 0 Å². The molecule has 3 N–H and O–H groups in total. The quantitative estimate of drug-likeness (QED) is 0.597. The molecule has 0 saturated carbocycles. The predicted molar refractivity (Wildman–Crippen MR) is 52.8 cm³/mol. The summed E-state index contributed by atoms with van der Waals surface area (Å²) in [6, 6.07) is 9.94. The molecule has 72 valence electrons. The van der Waals surface area contributed by atoms with E-state index in [2.05, 4.69) is 0 Å². The summed E-state index contributed by atoms with van der Waals surface area (Å²) in [5.41, 5.74) is 0.447. The van der Waals surface area contributed by atoms with Gasteiger partial charge in [-0.3, -0.25) is 0 Å². The highest BCUT2D eigenvalue weighted by atomic mass is 16.5. The van der Waals surface area contributed by atoms with Crippen LogP contribution >= 0.6 is 0 Å². The van der Waals surface area contributed by atoms with Crippen LogP contribution in [-0.4, -0.2) is 15.3 Å². The lowest BCUT2D eigenvalue weighted by atomic mass is 10.0. The van der Waals surface area contributed by atoms with Gasteiger partial charge in [0.05, 0.1) is 0 Å². The number of aliphatic hydroxyl groups excluding tert-OH is 1. The van der Waals surface area contributed by atoms with Crippen LogP contribution < -0.4 is 0 Å². The summed E-state index contributed by atoms with van der Waals surface area (Å²) in [4.78, 5) is 0. The van der Waals surface area contributed by atoms with Crippen LogP contribution in [0.5, 0.6) is 5.75 Å². The Morgan fingerprint density at radius 2 is 1.79 bits per heavy atom. The largest absolute Gasteiger partial charge is 0.508 e. The molecular weight excluding hydrogens is 180 g/mol. The van der Waals surface area contributed by atoms with Crippen LogP contribution in [0.4, 0.5) is 0 Å². The Morgan fingerprint density at radius 3 is 2.50 bits per heavy atom.